The van der Waals surface area contributed by atoms with E-state index in [1.54, 1.807) is 6.07 Å². The van der Waals surface area contributed by atoms with Gasteiger partial charge in [-0.1, -0.05) is 25.5 Å². The van der Waals surface area contributed by atoms with E-state index >= 15 is 0 Å². The second kappa shape index (κ2) is 5.95. The van der Waals surface area contributed by atoms with E-state index in [1.807, 2.05) is 0 Å². The predicted molar refractivity (Wildman–Crippen MR) is 69.8 cm³/mol. The first-order valence-corrected chi connectivity index (χ1v) is 6.93. The third-order valence-corrected chi connectivity index (χ3v) is 3.81. The first kappa shape index (κ1) is 14.4. The maximum atomic E-state index is 12.8. The summed E-state index contributed by atoms with van der Waals surface area (Å²) in [7, 11) is 0. The van der Waals surface area contributed by atoms with Crippen molar-refractivity contribution in [2.75, 3.05) is 6.54 Å². The summed E-state index contributed by atoms with van der Waals surface area (Å²) < 4.78 is 38.3. The van der Waals surface area contributed by atoms with Gasteiger partial charge in [0.15, 0.2) is 0 Å². The summed E-state index contributed by atoms with van der Waals surface area (Å²) >= 11 is 0. The van der Waals surface area contributed by atoms with E-state index in [9.17, 15) is 13.2 Å². The van der Waals surface area contributed by atoms with Gasteiger partial charge < -0.3 is 5.32 Å². The minimum atomic E-state index is -4.26. The third-order valence-electron chi connectivity index (χ3n) is 3.81. The van der Waals surface area contributed by atoms with Crippen molar-refractivity contribution >= 4 is 0 Å². The Balaban J connectivity index is 2.20. The Bertz CT molecular complexity index is 410. The highest BCUT2D eigenvalue weighted by molar-refractivity contribution is 5.28. The Morgan fingerprint density at radius 3 is 2.58 bits per heavy atom. The van der Waals surface area contributed by atoms with E-state index < -0.39 is 11.7 Å². The quantitative estimate of drug-likeness (QED) is 0.828. The smallest absolute Gasteiger partial charge is 0.310 e. The molecule has 1 saturated carbocycles. The predicted octanol–water partition coefficient (Wildman–Crippen LogP) is 4.55. The zero-order valence-electron chi connectivity index (χ0n) is 11.1. The molecule has 0 heterocycles. The molecule has 1 N–H and O–H groups in total. The molecule has 0 saturated heterocycles. The molecule has 1 nitrogen and oxygen atoms in total. The van der Waals surface area contributed by atoms with Crippen molar-refractivity contribution in [1.82, 2.24) is 5.32 Å². The summed E-state index contributed by atoms with van der Waals surface area (Å²) in [5, 5.41) is 3.40. The summed E-state index contributed by atoms with van der Waals surface area (Å²) in [6, 6.07) is 5.82. The van der Waals surface area contributed by atoms with Gasteiger partial charge in [-0.05, 0) is 49.4 Å². The van der Waals surface area contributed by atoms with Crippen LogP contribution in [0.3, 0.4) is 0 Å². The molecule has 0 amide bonds. The minimum absolute atomic E-state index is 0.0657. The molecule has 1 atom stereocenters. The van der Waals surface area contributed by atoms with Gasteiger partial charge in [-0.3, -0.25) is 0 Å². The Morgan fingerprint density at radius 1 is 1.32 bits per heavy atom. The summed E-state index contributed by atoms with van der Waals surface area (Å²) in [5.74, 6) is 0.482. The fraction of sp³-hybridized carbons (Fsp3) is 0.600. The van der Waals surface area contributed by atoms with Gasteiger partial charge in [-0.15, -0.1) is 0 Å². The van der Waals surface area contributed by atoms with Gasteiger partial charge in [0.2, 0.25) is 0 Å². The fourth-order valence-corrected chi connectivity index (χ4v) is 2.54. The van der Waals surface area contributed by atoms with E-state index in [1.165, 1.54) is 18.6 Å². The van der Waals surface area contributed by atoms with Crippen LogP contribution in [0.15, 0.2) is 24.3 Å². The monoisotopic (exact) mass is 271 g/mol. The highest BCUT2D eigenvalue weighted by Crippen LogP contribution is 2.39. The largest absolute Gasteiger partial charge is 0.416 e. The lowest BCUT2D eigenvalue weighted by Crippen LogP contribution is -2.32. The molecule has 0 aliphatic heterocycles. The molecule has 4 heteroatoms. The lowest BCUT2D eigenvalue weighted by molar-refractivity contribution is -0.137. The molecule has 1 aromatic rings. The van der Waals surface area contributed by atoms with Crippen LogP contribution in [0.2, 0.25) is 0 Å². The highest BCUT2D eigenvalue weighted by atomic mass is 19.4. The zero-order chi connectivity index (χ0) is 13.9. The van der Waals surface area contributed by atoms with E-state index in [0.29, 0.717) is 5.92 Å². The normalized spacial score (nSPS) is 18.1. The number of benzene rings is 1. The fourth-order valence-electron chi connectivity index (χ4n) is 2.54. The molecule has 1 aliphatic rings. The highest BCUT2D eigenvalue weighted by Gasteiger charge is 2.33. The lowest BCUT2D eigenvalue weighted by Gasteiger charge is -2.35. The van der Waals surface area contributed by atoms with Crippen LogP contribution in [0.1, 0.15) is 49.8 Å². The van der Waals surface area contributed by atoms with Crippen molar-refractivity contribution in [3.05, 3.63) is 35.4 Å². The van der Waals surface area contributed by atoms with E-state index in [2.05, 4.69) is 12.2 Å². The number of hydrogen-bond donors (Lipinski definition) is 1. The maximum absolute atomic E-state index is 12.8. The molecule has 0 aromatic heterocycles. The van der Waals surface area contributed by atoms with Gasteiger partial charge in [0.05, 0.1) is 5.56 Å². The second-order valence-corrected chi connectivity index (χ2v) is 5.25. The molecular weight excluding hydrogens is 251 g/mol. The molecule has 1 aliphatic carbocycles. The van der Waals surface area contributed by atoms with Crippen molar-refractivity contribution in [3.8, 4) is 0 Å². The van der Waals surface area contributed by atoms with Gasteiger partial charge in [-0.25, -0.2) is 0 Å². The molecule has 0 radical (unpaired) electrons. The van der Waals surface area contributed by atoms with Crippen LogP contribution in [0, 0.1) is 5.92 Å². The number of rotatable bonds is 5. The summed E-state index contributed by atoms with van der Waals surface area (Å²) in [6.07, 6.45) is 0.135. The van der Waals surface area contributed by atoms with Crippen molar-refractivity contribution in [3.63, 3.8) is 0 Å². The van der Waals surface area contributed by atoms with Crippen LogP contribution < -0.4 is 5.32 Å². The van der Waals surface area contributed by atoms with Crippen LogP contribution in [-0.4, -0.2) is 6.54 Å². The first-order valence-electron chi connectivity index (χ1n) is 6.93. The van der Waals surface area contributed by atoms with E-state index in [4.69, 9.17) is 0 Å². The summed E-state index contributed by atoms with van der Waals surface area (Å²) in [6.45, 7) is 2.91. The number of alkyl halides is 3. The Labute approximate surface area is 112 Å². The lowest BCUT2D eigenvalue weighted by atomic mass is 9.77. The van der Waals surface area contributed by atoms with Crippen LogP contribution in [0.4, 0.5) is 13.2 Å². The number of nitrogens with one attached hydrogen (secondary N) is 1. The zero-order valence-corrected chi connectivity index (χ0v) is 11.1. The molecular formula is C15H20F3N. The summed E-state index contributed by atoms with van der Waals surface area (Å²) in [4.78, 5) is 0. The van der Waals surface area contributed by atoms with Crippen molar-refractivity contribution < 1.29 is 13.2 Å². The topological polar surface area (TPSA) is 12.0 Å². The average molecular weight is 271 g/mol. The number of halogens is 3. The first-order chi connectivity index (χ1) is 9.02. The Hall–Kier alpha value is -1.03. The van der Waals surface area contributed by atoms with Crippen LogP contribution >= 0.6 is 0 Å². The van der Waals surface area contributed by atoms with Gasteiger partial charge >= 0.3 is 6.18 Å². The van der Waals surface area contributed by atoms with Crippen molar-refractivity contribution in [1.29, 1.82) is 0 Å². The molecule has 19 heavy (non-hydrogen) atoms. The van der Waals surface area contributed by atoms with E-state index in [0.717, 1.165) is 37.4 Å². The molecule has 2 rings (SSSR count). The Morgan fingerprint density at radius 2 is 2.05 bits per heavy atom. The van der Waals surface area contributed by atoms with Gasteiger partial charge in [0, 0.05) is 6.04 Å². The van der Waals surface area contributed by atoms with Crippen LogP contribution in [0.25, 0.3) is 0 Å². The van der Waals surface area contributed by atoms with Gasteiger partial charge in [0.25, 0.3) is 0 Å². The second-order valence-electron chi connectivity index (χ2n) is 5.25. The average Bonchev–Trinajstić information content (AvgIpc) is 2.31. The maximum Gasteiger partial charge on any atom is 0.416 e. The van der Waals surface area contributed by atoms with Crippen molar-refractivity contribution in [2.45, 2.75) is 44.8 Å². The molecule has 1 unspecified atom stereocenters. The van der Waals surface area contributed by atoms with Gasteiger partial charge in [0.1, 0.15) is 0 Å². The molecule has 0 spiro atoms. The SMILES string of the molecule is CCCNC(c1cccc(C(F)(F)F)c1)C1CCC1. The van der Waals surface area contributed by atoms with Crippen LogP contribution in [0.5, 0.6) is 0 Å². The minimum Gasteiger partial charge on any atom is -0.310 e. The van der Waals surface area contributed by atoms with E-state index in [-0.39, 0.29) is 6.04 Å². The number of hydrogen-bond acceptors (Lipinski definition) is 1. The van der Waals surface area contributed by atoms with Gasteiger partial charge in [-0.2, -0.15) is 13.2 Å². The molecule has 106 valence electrons. The molecule has 1 fully saturated rings. The van der Waals surface area contributed by atoms with Crippen LogP contribution in [-0.2, 0) is 6.18 Å². The Kier molecular flexibility index (Phi) is 4.50. The van der Waals surface area contributed by atoms with Crippen molar-refractivity contribution in [2.24, 2.45) is 5.92 Å². The third kappa shape index (κ3) is 3.50. The molecule has 0 bridgehead atoms. The molecule has 1 aromatic carbocycles. The standard InChI is InChI=1S/C15H20F3N/c1-2-9-19-14(11-5-3-6-11)12-7-4-8-13(10-12)15(16,17)18/h4,7-8,10-11,14,19H,2-3,5-6,9H2,1H3. The summed E-state index contributed by atoms with van der Waals surface area (Å²) in [5.41, 5.74) is 0.223.